The summed E-state index contributed by atoms with van der Waals surface area (Å²) < 4.78 is 0. The molecule has 0 saturated heterocycles. The first kappa shape index (κ1) is 12.8. The number of hydrogen-bond acceptors (Lipinski definition) is 1. The maximum atomic E-state index is 10.6. The highest BCUT2D eigenvalue weighted by Gasteiger charge is 2.18. The van der Waals surface area contributed by atoms with Gasteiger partial charge in [-0.1, -0.05) is 26.7 Å². The van der Waals surface area contributed by atoms with E-state index in [0.29, 0.717) is 5.88 Å². The van der Waals surface area contributed by atoms with Gasteiger partial charge in [0.05, 0.1) is 5.92 Å². The van der Waals surface area contributed by atoms with Gasteiger partial charge in [0.15, 0.2) is 0 Å². The summed E-state index contributed by atoms with van der Waals surface area (Å²) in [4.78, 5) is 10.6. The fourth-order valence-electron chi connectivity index (χ4n) is 1.23. The van der Waals surface area contributed by atoms with Crippen molar-refractivity contribution >= 4 is 17.6 Å². The van der Waals surface area contributed by atoms with E-state index in [2.05, 4.69) is 0 Å². The minimum Gasteiger partial charge on any atom is -0.481 e. The lowest BCUT2D eigenvalue weighted by Gasteiger charge is -2.15. The van der Waals surface area contributed by atoms with E-state index < -0.39 is 5.97 Å². The fourth-order valence-corrected chi connectivity index (χ4v) is 1.42. The van der Waals surface area contributed by atoms with E-state index in [1.54, 1.807) is 6.92 Å². The van der Waals surface area contributed by atoms with Crippen LogP contribution in [0.3, 0.4) is 0 Å². The largest absolute Gasteiger partial charge is 0.481 e. The molecule has 0 heterocycles. The summed E-state index contributed by atoms with van der Waals surface area (Å²) in [6, 6.07) is 0. The lowest BCUT2D eigenvalue weighted by molar-refractivity contribution is -0.142. The topological polar surface area (TPSA) is 37.3 Å². The molecule has 1 N–H and O–H groups in total. The average molecular weight is 207 g/mol. The molecule has 0 aromatic carbocycles. The van der Waals surface area contributed by atoms with Gasteiger partial charge in [-0.2, -0.15) is 0 Å². The van der Waals surface area contributed by atoms with E-state index in [-0.39, 0.29) is 11.8 Å². The number of unbranched alkanes of at least 4 members (excludes halogenated alkanes) is 2. The van der Waals surface area contributed by atoms with Crippen molar-refractivity contribution in [2.24, 2.45) is 11.8 Å². The molecule has 0 aliphatic rings. The predicted octanol–water partition coefficient (Wildman–Crippen LogP) is 3.14. The summed E-state index contributed by atoms with van der Waals surface area (Å²) in [5.41, 5.74) is 0. The van der Waals surface area contributed by atoms with Crippen molar-refractivity contribution in [3.05, 3.63) is 0 Å². The molecule has 2 unspecified atom stereocenters. The molecule has 0 spiro atoms. The second-order valence-corrected chi connectivity index (χ2v) is 4.02. The Hall–Kier alpha value is -0.240. The van der Waals surface area contributed by atoms with Crippen molar-refractivity contribution in [1.82, 2.24) is 0 Å². The average Bonchev–Trinajstić information content (AvgIpc) is 2.10. The summed E-state index contributed by atoms with van der Waals surface area (Å²) >= 11 is 5.54. The molecule has 2 nitrogen and oxygen atoms in total. The predicted molar refractivity (Wildman–Crippen MR) is 55.2 cm³/mol. The Morgan fingerprint density at radius 1 is 1.31 bits per heavy atom. The molecule has 0 aliphatic heterocycles. The second kappa shape index (κ2) is 7.19. The maximum absolute atomic E-state index is 10.6. The van der Waals surface area contributed by atoms with Crippen LogP contribution in [0.15, 0.2) is 0 Å². The van der Waals surface area contributed by atoms with Gasteiger partial charge >= 0.3 is 5.97 Å². The minimum atomic E-state index is -0.690. The molecule has 2 atom stereocenters. The van der Waals surface area contributed by atoms with E-state index in [9.17, 15) is 4.79 Å². The summed E-state index contributed by atoms with van der Waals surface area (Å²) in [5.74, 6) is 0.0664. The van der Waals surface area contributed by atoms with Crippen LogP contribution in [-0.2, 0) is 4.79 Å². The van der Waals surface area contributed by atoms with E-state index in [4.69, 9.17) is 16.7 Å². The summed E-state index contributed by atoms with van der Waals surface area (Å²) in [6.07, 6.45) is 4.23. The van der Waals surface area contributed by atoms with Gasteiger partial charge in [0.25, 0.3) is 0 Å². The molecule has 13 heavy (non-hydrogen) atoms. The molecule has 0 amide bonds. The van der Waals surface area contributed by atoms with Gasteiger partial charge in [-0.25, -0.2) is 0 Å². The Morgan fingerprint density at radius 3 is 2.38 bits per heavy atom. The molecule has 0 aromatic heterocycles. The zero-order valence-corrected chi connectivity index (χ0v) is 9.18. The number of carboxylic acid groups (broad SMARTS) is 1. The first-order valence-electron chi connectivity index (χ1n) is 4.88. The molecule has 0 bridgehead atoms. The molecule has 0 radical (unpaired) electrons. The lowest BCUT2D eigenvalue weighted by Crippen LogP contribution is -2.17. The number of hydrogen-bond donors (Lipinski definition) is 1. The molecular formula is C10H19ClO2. The number of halogens is 1. The Bertz CT molecular complexity index is 148. The quantitative estimate of drug-likeness (QED) is 0.513. The third-order valence-corrected chi connectivity index (χ3v) is 2.80. The van der Waals surface area contributed by atoms with Gasteiger partial charge in [0, 0.05) is 5.88 Å². The van der Waals surface area contributed by atoms with Crippen LogP contribution in [0.25, 0.3) is 0 Å². The Morgan fingerprint density at radius 2 is 1.92 bits per heavy atom. The van der Waals surface area contributed by atoms with Crippen LogP contribution < -0.4 is 0 Å². The van der Waals surface area contributed by atoms with Crippen molar-refractivity contribution in [2.45, 2.75) is 39.5 Å². The number of carboxylic acids is 1. The SMILES string of the molecule is CC(CCCCCCl)C(C)C(=O)O. The zero-order valence-electron chi connectivity index (χ0n) is 8.42. The summed E-state index contributed by atoms with van der Waals surface area (Å²) in [5, 5.41) is 8.73. The Balaban J connectivity index is 3.50. The van der Waals surface area contributed by atoms with Gasteiger partial charge in [-0.3, -0.25) is 4.79 Å². The van der Waals surface area contributed by atoms with Gasteiger partial charge in [-0.05, 0) is 18.8 Å². The smallest absolute Gasteiger partial charge is 0.306 e. The second-order valence-electron chi connectivity index (χ2n) is 3.64. The summed E-state index contributed by atoms with van der Waals surface area (Å²) in [6.45, 7) is 3.77. The molecule has 0 aromatic rings. The van der Waals surface area contributed by atoms with Crippen LogP contribution in [-0.4, -0.2) is 17.0 Å². The third kappa shape index (κ3) is 5.92. The number of carbonyl (C=O) groups is 1. The van der Waals surface area contributed by atoms with Crippen LogP contribution in [0.4, 0.5) is 0 Å². The number of alkyl halides is 1. The van der Waals surface area contributed by atoms with Crippen LogP contribution in [0.1, 0.15) is 39.5 Å². The monoisotopic (exact) mass is 206 g/mol. The van der Waals surface area contributed by atoms with E-state index in [1.807, 2.05) is 6.92 Å². The minimum absolute atomic E-state index is 0.226. The molecule has 78 valence electrons. The molecule has 0 rings (SSSR count). The first-order chi connectivity index (χ1) is 6.09. The van der Waals surface area contributed by atoms with Gasteiger partial charge in [-0.15, -0.1) is 11.6 Å². The van der Waals surface area contributed by atoms with E-state index in [1.165, 1.54) is 0 Å². The van der Waals surface area contributed by atoms with E-state index in [0.717, 1.165) is 25.7 Å². The summed E-state index contributed by atoms with van der Waals surface area (Å²) in [7, 11) is 0. The highest BCUT2D eigenvalue weighted by Crippen LogP contribution is 2.18. The zero-order chi connectivity index (χ0) is 10.3. The number of aliphatic carboxylic acids is 1. The number of rotatable bonds is 7. The Labute approximate surface area is 85.3 Å². The van der Waals surface area contributed by atoms with Crippen molar-refractivity contribution in [2.75, 3.05) is 5.88 Å². The standard InChI is InChI=1S/C10H19ClO2/c1-8(9(2)10(12)13)6-4-3-5-7-11/h8-9H,3-7H2,1-2H3,(H,12,13). The van der Waals surface area contributed by atoms with Crippen molar-refractivity contribution in [3.8, 4) is 0 Å². The van der Waals surface area contributed by atoms with Crippen LogP contribution >= 0.6 is 11.6 Å². The lowest BCUT2D eigenvalue weighted by atomic mass is 9.91. The van der Waals surface area contributed by atoms with Crippen LogP contribution in [0, 0.1) is 11.8 Å². The molecule has 0 fully saturated rings. The van der Waals surface area contributed by atoms with Crippen molar-refractivity contribution in [1.29, 1.82) is 0 Å². The molecule has 0 aliphatic carbocycles. The maximum Gasteiger partial charge on any atom is 0.306 e. The van der Waals surface area contributed by atoms with Gasteiger partial charge in [0.2, 0.25) is 0 Å². The normalized spacial score (nSPS) is 15.3. The highest BCUT2D eigenvalue weighted by atomic mass is 35.5. The van der Waals surface area contributed by atoms with Crippen molar-refractivity contribution < 1.29 is 9.90 Å². The van der Waals surface area contributed by atoms with Crippen molar-refractivity contribution in [3.63, 3.8) is 0 Å². The molecular weight excluding hydrogens is 188 g/mol. The van der Waals surface area contributed by atoms with Crippen LogP contribution in [0.2, 0.25) is 0 Å². The van der Waals surface area contributed by atoms with Gasteiger partial charge in [0.1, 0.15) is 0 Å². The molecule has 3 heteroatoms. The highest BCUT2D eigenvalue weighted by molar-refractivity contribution is 6.17. The van der Waals surface area contributed by atoms with Crippen LogP contribution in [0.5, 0.6) is 0 Å². The first-order valence-corrected chi connectivity index (χ1v) is 5.41. The van der Waals surface area contributed by atoms with Gasteiger partial charge < -0.3 is 5.11 Å². The fraction of sp³-hybridized carbons (Fsp3) is 0.900. The van der Waals surface area contributed by atoms with E-state index >= 15 is 0 Å². The third-order valence-electron chi connectivity index (χ3n) is 2.54. The Kier molecular flexibility index (Phi) is 7.06. The molecule has 0 saturated carbocycles.